The van der Waals surface area contributed by atoms with Gasteiger partial charge in [-0.3, -0.25) is 4.79 Å². The summed E-state index contributed by atoms with van der Waals surface area (Å²) < 4.78 is 38.9. The summed E-state index contributed by atoms with van der Waals surface area (Å²) in [6, 6.07) is 10.9. The number of benzene rings is 2. The van der Waals surface area contributed by atoms with Gasteiger partial charge in [0, 0.05) is 11.3 Å². The number of halogens is 1. The van der Waals surface area contributed by atoms with Crippen LogP contribution in [0.2, 0.25) is 0 Å². The quantitative estimate of drug-likeness (QED) is 0.910. The fourth-order valence-electron chi connectivity index (χ4n) is 1.77. The van der Waals surface area contributed by atoms with E-state index in [0.29, 0.717) is 0 Å². The molecule has 0 saturated heterocycles. The van der Waals surface area contributed by atoms with E-state index < -0.39 is 21.7 Å². The average Bonchev–Trinajstić information content (AvgIpc) is 2.48. The molecule has 0 aromatic heterocycles. The molecule has 0 radical (unpaired) electrons. The van der Waals surface area contributed by atoms with Crippen molar-refractivity contribution in [2.45, 2.75) is 10.6 Å². The Balaban J connectivity index is 2.15. The third-order valence-electron chi connectivity index (χ3n) is 2.88. The summed E-state index contributed by atoms with van der Waals surface area (Å²) in [6.45, 7) is 0. The summed E-state index contributed by atoms with van der Waals surface area (Å²) in [5.41, 5.74) is 1.29. The molecule has 0 saturated carbocycles. The van der Waals surface area contributed by atoms with Crippen LogP contribution in [0.3, 0.4) is 0 Å². The molecule has 2 aromatic carbocycles. The Hall–Kier alpha value is -1.86. The Morgan fingerprint density at radius 1 is 1.09 bits per heavy atom. The Kier molecular flexibility index (Phi) is 5.20. The van der Waals surface area contributed by atoms with E-state index in [2.05, 4.69) is 0 Å². The third kappa shape index (κ3) is 4.08. The van der Waals surface area contributed by atoms with Gasteiger partial charge >= 0.3 is 0 Å². The molecule has 2 aromatic rings. The summed E-state index contributed by atoms with van der Waals surface area (Å²) in [5, 5.41) is 0. The maximum Gasteiger partial charge on any atom is 0.264 e. The molecule has 0 fully saturated rings. The maximum atomic E-state index is 12.8. The highest BCUT2D eigenvalue weighted by atomic mass is 32.2. The van der Waals surface area contributed by atoms with Crippen LogP contribution in [-0.2, 0) is 15.8 Å². The van der Waals surface area contributed by atoms with Gasteiger partial charge in [0.15, 0.2) is 0 Å². The first kappa shape index (κ1) is 16.5. The number of hydrogen-bond donors (Lipinski definition) is 1. The normalized spacial score (nSPS) is 11.2. The van der Waals surface area contributed by atoms with Crippen LogP contribution in [0.5, 0.6) is 0 Å². The van der Waals surface area contributed by atoms with Crippen LogP contribution >= 0.6 is 11.8 Å². The number of hydrogen-bond acceptors (Lipinski definition) is 4. The zero-order valence-electron chi connectivity index (χ0n) is 11.7. The summed E-state index contributed by atoms with van der Waals surface area (Å²) in [6.07, 6.45) is 1.97. The zero-order valence-corrected chi connectivity index (χ0v) is 13.4. The summed E-state index contributed by atoms with van der Waals surface area (Å²) in [4.78, 5) is 11.8. The van der Waals surface area contributed by atoms with Crippen LogP contribution in [0.4, 0.5) is 4.39 Å². The second kappa shape index (κ2) is 6.93. The number of amides is 1. The van der Waals surface area contributed by atoms with Crippen LogP contribution in [-0.4, -0.2) is 20.6 Å². The van der Waals surface area contributed by atoms with E-state index in [1.165, 1.54) is 0 Å². The number of rotatable bonds is 5. The Morgan fingerprint density at radius 2 is 1.68 bits per heavy atom. The second-order valence-corrected chi connectivity index (χ2v) is 7.07. The predicted molar refractivity (Wildman–Crippen MR) is 84.7 cm³/mol. The molecular weight excluding hydrogens is 325 g/mol. The lowest BCUT2D eigenvalue weighted by molar-refractivity contribution is 0.0981. The molecule has 0 spiro atoms. The van der Waals surface area contributed by atoms with Gasteiger partial charge in [-0.05, 0) is 48.2 Å². The summed E-state index contributed by atoms with van der Waals surface area (Å²) in [7, 11) is -4.02. The molecule has 0 heterocycles. The minimum Gasteiger partial charge on any atom is -0.268 e. The lowest BCUT2D eigenvalue weighted by Gasteiger charge is -2.07. The van der Waals surface area contributed by atoms with Gasteiger partial charge in [-0.1, -0.05) is 12.1 Å². The molecule has 2 rings (SSSR count). The summed E-state index contributed by atoms with van der Waals surface area (Å²) in [5.74, 6) is -0.454. The van der Waals surface area contributed by atoms with Crippen LogP contribution in [0.25, 0.3) is 0 Å². The molecule has 1 N–H and O–H groups in total. The van der Waals surface area contributed by atoms with Crippen molar-refractivity contribution in [3.05, 3.63) is 65.5 Å². The minimum absolute atomic E-state index is 0.166. The van der Waals surface area contributed by atoms with Crippen LogP contribution < -0.4 is 4.72 Å². The Bertz CT molecular complexity index is 756. The van der Waals surface area contributed by atoms with E-state index in [1.807, 2.05) is 11.0 Å². The summed E-state index contributed by atoms with van der Waals surface area (Å²) >= 11 is 1.65. The van der Waals surface area contributed by atoms with E-state index in [-0.39, 0.29) is 10.5 Å². The van der Waals surface area contributed by atoms with Gasteiger partial charge in [0.05, 0.1) is 4.90 Å². The van der Waals surface area contributed by atoms with E-state index in [0.717, 1.165) is 35.6 Å². The Morgan fingerprint density at radius 3 is 2.23 bits per heavy atom. The van der Waals surface area contributed by atoms with Crippen LogP contribution in [0.15, 0.2) is 53.4 Å². The van der Waals surface area contributed by atoms with Crippen molar-refractivity contribution in [3.63, 3.8) is 0 Å². The number of carbonyl (C=O) groups is 1. The highest BCUT2D eigenvalue weighted by molar-refractivity contribution is 7.97. The fraction of sp³-hybridized carbons (Fsp3) is 0.133. The van der Waals surface area contributed by atoms with Crippen molar-refractivity contribution in [2.75, 3.05) is 6.26 Å². The second-order valence-electron chi connectivity index (χ2n) is 4.52. The van der Waals surface area contributed by atoms with Gasteiger partial charge in [0.1, 0.15) is 5.82 Å². The Labute approximate surface area is 132 Å². The number of thioether (sulfide) groups is 1. The number of sulfonamides is 1. The van der Waals surface area contributed by atoms with Gasteiger partial charge in [0.2, 0.25) is 0 Å². The molecular formula is C15H14FNO3S2. The van der Waals surface area contributed by atoms with Gasteiger partial charge < -0.3 is 0 Å². The van der Waals surface area contributed by atoms with Crippen molar-refractivity contribution in [3.8, 4) is 0 Å². The van der Waals surface area contributed by atoms with Crippen LogP contribution in [0, 0.1) is 5.82 Å². The highest BCUT2D eigenvalue weighted by Crippen LogP contribution is 2.13. The maximum absolute atomic E-state index is 12.8. The molecule has 116 valence electrons. The SMILES string of the molecule is CSCc1ccc(C(=O)NS(=O)(=O)c2ccc(F)cc2)cc1. The monoisotopic (exact) mass is 339 g/mol. The molecule has 22 heavy (non-hydrogen) atoms. The number of carbonyl (C=O) groups excluding carboxylic acids is 1. The molecule has 0 aliphatic heterocycles. The molecule has 0 aliphatic carbocycles. The topological polar surface area (TPSA) is 63.2 Å². The zero-order chi connectivity index (χ0) is 16.2. The van der Waals surface area contributed by atoms with Crippen molar-refractivity contribution >= 4 is 27.7 Å². The van der Waals surface area contributed by atoms with E-state index in [1.54, 1.807) is 36.0 Å². The van der Waals surface area contributed by atoms with E-state index >= 15 is 0 Å². The van der Waals surface area contributed by atoms with Crippen LogP contribution in [0.1, 0.15) is 15.9 Å². The van der Waals surface area contributed by atoms with Crippen molar-refractivity contribution in [1.82, 2.24) is 4.72 Å². The van der Waals surface area contributed by atoms with Crippen molar-refractivity contribution < 1.29 is 17.6 Å². The molecule has 7 heteroatoms. The van der Waals surface area contributed by atoms with E-state index in [4.69, 9.17) is 0 Å². The van der Waals surface area contributed by atoms with Gasteiger partial charge in [-0.15, -0.1) is 0 Å². The molecule has 4 nitrogen and oxygen atoms in total. The largest absolute Gasteiger partial charge is 0.268 e. The van der Waals surface area contributed by atoms with E-state index in [9.17, 15) is 17.6 Å². The molecule has 0 aliphatic rings. The van der Waals surface area contributed by atoms with Gasteiger partial charge in [-0.2, -0.15) is 11.8 Å². The molecule has 0 unspecified atom stereocenters. The van der Waals surface area contributed by atoms with Crippen molar-refractivity contribution in [2.24, 2.45) is 0 Å². The average molecular weight is 339 g/mol. The minimum atomic E-state index is -4.02. The standard InChI is InChI=1S/C15H14FNO3S2/c1-21-10-11-2-4-12(5-3-11)15(18)17-22(19,20)14-8-6-13(16)7-9-14/h2-9H,10H2,1H3,(H,17,18). The molecule has 1 amide bonds. The highest BCUT2D eigenvalue weighted by Gasteiger charge is 2.18. The van der Waals surface area contributed by atoms with Gasteiger partial charge in [-0.25, -0.2) is 17.5 Å². The first-order chi connectivity index (χ1) is 10.4. The fourth-order valence-corrected chi connectivity index (χ4v) is 3.27. The lowest BCUT2D eigenvalue weighted by Crippen LogP contribution is -2.30. The predicted octanol–water partition coefficient (Wildman–Crippen LogP) is 2.81. The number of nitrogens with one attached hydrogen (secondary N) is 1. The smallest absolute Gasteiger partial charge is 0.264 e. The van der Waals surface area contributed by atoms with Gasteiger partial charge in [0.25, 0.3) is 15.9 Å². The third-order valence-corrected chi connectivity index (χ3v) is 4.85. The molecule has 0 atom stereocenters. The first-order valence-electron chi connectivity index (χ1n) is 6.33. The van der Waals surface area contributed by atoms with Crippen molar-refractivity contribution in [1.29, 1.82) is 0 Å². The first-order valence-corrected chi connectivity index (χ1v) is 9.20. The lowest BCUT2D eigenvalue weighted by atomic mass is 10.1. The molecule has 0 bridgehead atoms.